The van der Waals surface area contributed by atoms with Gasteiger partial charge < -0.3 is 20.6 Å². The minimum absolute atomic E-state index is 0.0334. The Labute approximate surface area is 170 Å². The van der Waals surface area contributed by atoms with Crippen LogP contribution in [0.5, 0.6) is 0 Å². The highest BCUT2D eigenvalue weighted by Crippen LogP contribution is 2.12. The SMILES string of the molecule is CCCCCCCCCCCCCC[Si]O[Si]O[Si]O[Si]O[Si]O[Si]. The maximum Gasteiger partial charge on any atom is 0.412 e. The Kier molecular flexibility index (Phi) is 26.2. The molecule has 0 heterocycles. The second-order valence-electron chi connectivity index (χ2n) is 5.63. The smallest absolute Gasteiger partial charge is 0.412 e. The molecule has 0 unspecified atom stereocenters. The quantitative estimate of drug-likeness (QED) is 0.189. The summed E-state index contributed by atoms with van der Waals surface area (Å²) in [5, 5.41) is 0. The Hall–Kier alpha value is 1.10. The van der Waals surface area contributed by atoms with Gasteiger partial charge in [0.15, 0.2) is 0 Å². The van der Waals surface area contributed by atoms with Crippen molar-refractivity contribution in [3.05, 3.63) is 0 Å². The van der Waals surface area contributed by atoms with E-state index >= 15 is 0 Å². The van der Waals surface area contributed by atoms with Crippen molar-refractivity contribution >= 4 is 60.3 Å². The van der Waals surface area contributed by atoms with Crippen molar-refractivity contribution < 1.29 is 20.6 Å². The van der Waals surface area contributed by atoms with E-state index in [1.165, 1.54) is 77.0 Å². The molecule has 0 saturated carbocycles. The van der Waals surface area contributed by atoms with Gasteiger partial charge in [-0.15, -0.1) is 0 Å². The second kappa shape index (κ2) is 25.1. The lowest BCUT2D eigenvalue weighted by Gasteiger charge is -2.03. The first-order valence-electron chi connectivity index (χ1n) is 9.10. The molecular formula is C14H29O5Si6. The molecule has 11 heteroatoms. The van der Waals surface area contributed by atoms with E-state index in [0.29, 0.717) is 9.76 Å². The molecule has 0 aromatic rings. The fourth-order valence-corrected chi connectivity index (χ4v) is 5.87. The van der Waals surface area contributed by atoms with Gasteiger partial charge >= 0.3 is 40.0 Å². The van der Waals surface area contributed by atoms with Gasteiger partial charge in [0.05, 0.1) is 0 Å². The minimum Gasteiger partial charge on any atom is -0.435 e. The first-order chi connectivity index (χ1) is 12.4. The summed E-state index contributed by atoms with van der Waals surface area (Å²) in [6, 6.07) is 1.14. The van der Waals surface area contributed by atoms with E-state index < -0.39 is 0 Å². The highest BCUT2D eigenvalue weighted by atomic mass is 28.4. The number of hydrogen-bond donors (Lipinski definition) is 0. The normalized spacial score (nSPS) is 11.3. The largest absolute Gasteiger partial charge is 0.435 e. The summed E-state index contributed by atoms with van der Waals surface area (Å²) in [5.41, 5.74) is 0. The second-order valence-corrected chi connectivity index (χ2v) is 11.2. The van der Waals surface area contributed by atoms with E-state index in [1.807, 2.05) is 0 Å². The summed E-state index contributed by atoms with van der Waals surface area (Å²) in [4.78, 5) is 0. The molecule has 0 aliphatic carbocycles. The van der Waals surface area contributed by atoms with Crippen molar-refractivity contribution in [1.29, 1.82) is 0 Å². The van der Waals surface area contributed by atoms with Crippen LogP contribution in [0.4, 0.5) is 0 Å². The molecule has 0 rings (SSSR count). The Morgan fingerprint density at radius 3 is 1.52 bits per heavy atom. The summed E-state index contributed by atoms with van der Waals surface area (Å²) >= 11 is 0. The molecule has 0 N–H and O–H groups in total. The van der Waals surface area contributed by atoms with E-state index in [9.17, 15) is 0 Å². The lowest BCUT2D eigenvalue weighted by atomic mass is 10.1. The van der Waals surface area contributed by atoms with Gasteiger partial charge in [-0.25, -0.2) is 0 Å². The molecule has 0 fully saturated rings. The summed E-state index contributed by atoms with van der Waals surface area (Å²) in [7, 11) is 3.30. The summed E-state index contributed by atoms with van der Waals surface area (Å²) in [6.45, 7) is 2.28. The molecule has 0 aromatic heterocycles. The number of hydrogen-bond acceptors (Lipinski definition) is 5. The third kappa shape index (κ3) is 25.1. The lowest BCUT2D eigenvalue weighted by molar-refractivity contribution is 0.389. The van der Waals surface area contributed by atoms with E-state index in [0.717, 1.165) is 6.04 Å². The van der Waals surface area contributed by atoms with Crippen LogP contribution in [0.3, 0.4) is 0 Å². The Bertz CT molecular complexity index is 222. The maximum absolute atomic E-state index is 5.45. The third-order valence-electron chi connectivity index (χ3n) is 3.54. The van der Waals surface area contributed by atoms with Crippen LogP contribution in [0.25, 0.3) is 0 Å². The Morgan fingerprint density at radius 1 is 0.560 bits per heavy atom. The molecule has 0 bridgehead atoms. The summed E-state index contributed by atoms with van der Waals surface area (Å²) in [5.74, 6) is 0. The van der Waals surface area contributed by atoms with E-state index in [1.54, 1.807) is 0 Å². The van der Waals surface area contributed by atoms with Crippen molar-refractivity contribution in [2.24, 2.45) is 0 Å². The molecule has 139 valence electrons. The zero-order valence-electron chi connectivity index (χ0n) is 15.2. The van der Waals surface area contributed by atoms with E-state index in [4.69, 9.17) is 16.5 Å². The van der Waals surface area contributed by atoms with Crippen molar-refractivity contribution in [2.45, 2.75) is 90.0 Å². The predicted octanol–water partition coefficient (Wildman–Crippen LogP) is 3.03. The number of unbranched alkanes of at least 4 members (excludes halogenated alkanes) is 11. The van der Waals surface area contributed by atoms with Gasteiger partial charge in [-0.05, 0) is 6.04 Å². The topological polar surface area (TPSA) is 46.2 Å². The van der Waals surface area contributed by atoms with Gasteiger partial charge in [0, 0.05) is 0 Å². The minimum atomic E-state index is -0.0555. The van der Waals surface area contributed by atoms with E-state index in [-0.39, 0.29) is 40.0 Å². The molecule has 0 spiro atoms. The molecule has 0 amide bonds. The zero-order valence-corrected chi connectivity index (χ0v) is 21.2. The number of rotatable bonds is 22. The van der Waals surface area contributed by atoms with Crippen molar-refractivity contribution in [3.8, 4) is 0 Å². The van der Waals surface area contributed by atoms with Crippen LogP contribution in [-0.2, 0) is 20.6 Å². The average molecular weight is 446 g/mol. The van der Waals surface area contributed by atoms with Crippen LogP contribution < -0.4 is 0 Å². The maximum atomic E-state index is 5.45. The lowest BCUT2D eigenvalue weighted by Crippen LogP contribution is -2.17. The van der Waals surface area contributed by atoms with Crippen molar-refractivity contribution in [1.82, 2.24) is 0 Å². The molecule has 0 atom stereocenters. The van der Waals surface area contributed by atoms with Gasteiger partial charge in [-0.1, -0.05) is 84.0 Å². The van der Waals surface area contributed by atoms with Crippen LogP contribution >= 0.6 is 0 Å². The molecule has 0 aliphatic heterocycles. The summed E-state index contributed by atoms with van der Waals surface area (Å²) in [6.07, 6.45) is 16.7. The van der Waals surface area contributed by atoms with Crippen LogP contribution in [0.2, 0.25) is 6.04 Å². The predicted molar refractivity (Wildman–Crippen MR) is 106 cm³/mol. The molecular weight excluding hydrogens is 417 g/mol. The highest BCUT2D eigenvalue weighted by Gasteiger charge is 2.01. The third-order valence-corrected chi connectivity index (χ3v) is 7.34. The van der Waals surface area contributed by atoms with E-state index in [2.05, 4.69) is 21.5 Å². The molecule has 0 aliphatic rings. The average Bonchev–Trinajstić information content (AvgIpc) is 2.63. The molecule has 0 saturated heterocycles. The van der Waals surface area contributed by atoms with Crippen LogP contribution in [0.15, 0.2) is 0 Å². The monoisotopic (exact) mass is 445 g/mol. The summed E-state index contributed by atoms with van der Waals surface area (Å²) < 4.78 is 25.3. The molecule has 13 radical (unpaired) electrons. The van der Waals surface area contributed by atoms with Gasteiger partial charge in [0.1, 0.15) is 0 Å². The molecule has 25 heavy (non-hydrogen) atoms. The molecule has 0 aromatic carbocycles. The zero-order chi connectivity index (χ0) is 18.3. The first kappa shape index (κ1) is 26.1. The molecule has 5 nitrogen and oxygen atoms in total. The first-order valence-corrected chi connectivity index (χ1v) is 13.9. The van der Waals surface area contributed by atoms with Crippen LogP contribution in [-0.4, -0.2) is 60.3 Å². The van der Waals surface area contributed by atoms with Gasteiger partial charge in [0.25, 0.3) is 0 Å². The van der Waals surface area contributed by atoms with Crippen LogP contribution in [0, 0.1) is 0 Å². The van der Waals surface area contributed by atoms with Gasteiger partial charge in [0.2, 0.25) is 20.2 Å². The Balaban J connectivity index is 2.94. The fourth-order valence-electron chi connectivity index (χ4n) is 2.25. The van der Waals surface area contributed by atoms with Crippen LogP contribution in [0.1, 0.15) is 84.0 Å². The van der Waals surface area contributed by atoms with Crippen molar-refractivity contribution in [2.75, 3.05) is 0 Å². The fraction of sp³-hybridized carbons (Fsp3) is 1.00. The van der Waals surface area contributed by atoms with Gasteiger partial charge in [-0.2, -0.15) is 0 Å². The standard InChI is InChI=1S/C14H29O5Si6/c1-2-3-4-5-6-7-8-9-10-11-12-13-14-21-16-23-18-25-19-24-17-22-15-20/h2-14H2,1H3. The van der Waals surface area contributed by atoms with Gasteiger partial charge in [-0.3, -0.25) is 0 Å². The Morgan fingerprint density at radius 2 is 1.00 bits per heavy atom. The highest BCUT2D eigenvalue weighted by molar-refractivity contribution is 6.47. The van der Waals surface area contributed by atoms with Crippen molar-refractivity contribution in [3.63, 3.8) is 0 Å².